The predicted octanol–water partition coefficient (Wildman–Crippen LogP) is 3.38. The minimum Gasteiger partial charge on any atom is -0.380 e. The number of aromatic nitrogens is 2. The van der Waals surface area contributed by atoms with Crippen molar-refractivity contribution in [3.05, 3.63) is 71.5 Å². The monoisotopic (exact) mass is 326 g/mol. The van der Waals surface area contributed by atoms with Crippen LogP contribution < -0.4 is 10.6 Å². The van der Waals surface area contributed by atoms with Crippen molar-refractivity contribution in [2.24, 2.45) is 0 Å². The van der Waals surface area contributed by atoms with Gasteiger partial charge in [-0.2, -0.15) is 0 Å². The Morgan fingerprint density at radius 3 is 2.71 bits per heavy atom. The van der Waals surface area contributed by atoms with E-state index in [4.69, 9.17) is 4.52 Å². The molecule has 1 aromatic carbocycles. The first-order valence-corrected chi connectivity index (χ1v) is 7.28. The lowest BCUT2D eigenvalue weighted by atomic mass is 10.2. The molecule has 24 heavy (non-hydrogen) atoms. The summed E-state index contributed by atoms with van der Waals surface area (Å²) in [6.07, 6.45) is 3.08. The zero-order valence-corrected chi connectivity index (χ0v) is 12.9. The van der Waals surface area contributed by atoms with Gasteiger partial charge in [-0.25, -0.2) is 4.39 Å². The van der Waals surface area contributed by atoms with Gasteiger partial charge in [-0.3, -0.25) is 9.78 Å². The van der Waals surface area contributed by atoms with Crippen molar-refractivity contribution in [3.63, 3.8) is 0 Å². The molecule has 7 heteroatoms. The van der Waals surface area contributed by atoms with Crippen molar-refractivity contribution in [1.82, 2.24) is 10.1 Å². The lowest BCUT2D eigenvalue weighted by Crippen LogP contribution is -2.13. The fraction of sp³-hybridized carbons (Fsp3) is 0.118. The van der Waals surface area contributed by atoms with Gasteiger partial charge in [-0.05, 0) is 30.7 Å². The molecule has 122 valence electrons. The molecule has 0 spiro atoms. The van der Waals surface area contributed by atoms with Gasteiger partial charge < -0.3 is 15.2 Å². The third-order valence-corrected chi connectivity index (χ3v) is 3.28. The number of aryl methyl sites for hydroxylation is 1. The van der Waals surface area contributed by atoms with Crippen LogP contribution in [0.3, 0.4) is 0 Å². The van der Waals surface area contributed by atoms with Gasteiger partial charge in [0, 0.05) is 25.0 Å². The van der Waals surface area contributed by atoms with Crippen LogP contribution in [0.5, 0.6) is 0 Å². The van der Waals surface area contributed by atoms with Crippen LogP contribution in [0.15, 0.2) is 53.3 Å². The third-order valence-electron chi connectivity index (χ3n) is 3.28. The molecule has 0 atom stereocenters. The van der Waals surface area contributed by atoms with E-state index in [9.17, 15) is 9.18 Å². The first kappa shape index (κ1) is 15.7. The average Bonchev–Trinajstić information content (AvgIpc) is 2.99. The van der Waals surface area contributed by atoms with Gasteiger partial charge in [0.1, 0.15) is 11.6 Å². The van der Waals surface area contributed by atoms with Crippen LogP contribution in [-0.4, -0.2) is 16.0 Å². The third kappa shape index (κ3) is 3.95. The maximum absolute atomic E-state index is 12.9. The summed E-state index contributed by atoms with van der Waals surface area (Å²) in [5.74, 6) is 0.351. The second kappa shape index (κ2) is 6.91. The zero-order chi connectivity index (χ0) is 16.9. The van der Waals surface area contributed by atoms with Gasteiger partial charge >= 0.3 is 0 Å². The van der Waals surface area contributed by atoms with E-state index in [1.54, 1.807) is 37.4 Å². The highest BCUT2D eigenvalue weighted by atomic mass is 19.1. The largest absolute Gasteiger partial charge is 0.380 e. The smallest absolute Gasteiger partial charge is 0.258 e. The van der Waals surface area contributed by atoms with Gasteiger partial charge in [0.25, 0.3) is 5.91 Å². The second-order valence-corrected chi connectivity index (χ2v) is 5.22. The number of carbonyl (C=O) groups excluding carboxylic acids is 1. The maximum Gasteiger partial charge on any atom is 0.258 e. The summed E-state index contributed by atoms with van der Waals surface area (Å²) >= 11 is 0. The van der Waals surface area contributed by atoms with Crippen LogP contribution in [0.4, 0.5) is 15.9 Å². The molecule has 0 aliphatic carbocycles. The van der Waals surface area contributed by atoms with E-state index < -0.39 is 0 Å². The Labute approximate surface area is 137 Å². The Kier molecular flexibility index (Phi) is 4.51. The normalized spacial score (nSPS) is 10.4. The number of pyridine rings is 1. The van der Waals surface area contributed by atoms with Crippen molar-refractivity contribution < 1.29 is 13.7 Å². The fourth-order valence-electron chi connectivity index (χ4n) is 2.08. The van der Waals surface area contributed by atoms with Crippen LogP contribution in [0.1, 0.15) is 21.7 Å². The molecule has 2 heterocycles. The topological polar surface area (TPSA) is 80.0 Å². The highest BCUT2D eigenvalue weighted by Crippen LogP contribution is 2.13. The van der Waals surface area contributed by atoms with Gasteiger partial charge in [0.15, 0.2) is 5.82 Å². The Balaban J connectivity index is 1.64. The molecule has 1 amide bonds. The summed E-state index contributed by atoms with van der Waals surface area (Å²) in [5, 5.41) is 9.49. The number of hydrogen-bond acceptors (Lipinski definition) is 5. The Morgan fingerprint density at radius 1 is 1.21 bits per heavy atom. The number of amides is 1. The minimum atomic E-state index is -0.332. The molecule has 3 aromatic rings. The van der Waals surface area contributed by atoms with E-state index in [0.717, 1.165) is 5.56 Å². The highest BCUT2D eigenvalue weighted by Gasteiger charge is 2.10. The van der Waals surface area contributed by atoms with Crippen molar-refractivity contribution in [3.8, 4) is 0 Å². The number of rotatable bonds is 5. The van der Waals surface area contributed by atoms with E-state index in [1.165, 1.54) is 18.3 Å². The van der Waals surface area contributed by atoms with E-state index >= 15 is 0 Å². The number of anilines is 2. The molecule has 2 N–H and O–H groups in total. The second-order valence-electron chi connectivity index (χ2n) is 5.22. The molecule has 0 aliphatic rings. The molecule has 0 bridgehead atoms. The first-order chi connectivity index (χ1) is 11.6. The van der Waals surface area contributed by atoms with E-state index in [0.29, 0.717) is 29.4 Å². The van der Waals surface area contributed by atoms with Crippen LogP contribution >= 0.6 is 0 Å². The van der Waals surface area contributed by atoms with Gasteiger partial charge in [0.2, 0.25) is 0 Å². The molecule has 3 rings (SSSR count). The lowest BCUT2D eigenvalue weighted by Gasteiger charge is -2.08. The lowest BCUT2D eigenvalue weighted by molar-refractivity contribution is 0.102. The highest BCUT2D eigenvalue weighted by molar-refractivity contribution is 6.04. The van der Waals surface area contributed by atoms with E-state index in [1.807, 2.05) is 0 Å². The van der Waals surface area contributed by atoms with Crippen molar-refractivity contribution in [1.29, 1.82) is 0 Å². The number of nitrogens with zero attached hydrogens (tertiary/aromatic N) is 2. The zero-order valence-electron chi connectivity index (χ0n) is 12.9. The molecule has 0 unspecified atom stereocenters. The SMILES string of the molecule is Cc1cc(NC(=O)c2cncc(NCc3ccc(F)cc3)c2)no1. The predicted molar refractivity (Wildman–Crippen MR) is 87.2 cm³/mol. The molecule has 6 nitrogen and oxygen atoms in total. The number of halogens is 1. The summed E-state index contributed by atoms with van der Waals surface area (Å²) < 4.78 is 17.8. The Morgan fingerprint density at radius 2 is 2.00 bits per heavy atom. The van der Waals surface area contributed by atoms with Crippen molar-refractivity contribution >= 4 is 17.4 Å². The average molecular weight is 326 g/mol. The quantitative estimate of drug-likeness (QED) is 0.751. The molecule has 0 aliphatic heterocycles. The Bertz CT molecular complexity index is 846. The number of hydrogen-bond donors (Lipinski definition) is 2. The van der Waals surface area contributed by atoms with Crippen LogP contribution in [0, 0.1) is 12.7 Å². The summed E-state index contributed by atoms with van der Waals surface area (Å²) in [5.41, 5.74) is 1.99. The molecule has 2 aromatic heterocycles. The fourth-order valence-corrected chi connectivity index (χ4v) is 2.08. The number of nitrogens with one attached hydrogen (secondary N) is 2. The standard InChI is InChI=1S/C17H15FN4O2/c1-11-6-16(22-24-11)21-17(23)13-7-15(10-19-9-13)20-8-12-2-4-14(18)5-3-12/h2-7,9-10,20H,8H2,1H3,(H,21,22,23). The minimum absolute atomic E-state index is 0.276. The summed E-state index contributed by atoms with van der Waals surface area (Å²) in [6.45, 7) is 2.24. The molecular weight excluding hydrogens is 311 g/mol. The molecular formula is C17H15FN4O2. The summed E-state index contributed by atoms with van der Waals surface area (Å²) in [7, 11) is 0. The summed E-state index contributed by atoms with van der Waals surface area (Å²) in [6, 6.07) is 9.50. The number of benzene rings is 1. The Hall–Kier alpha value is -3.22. The molecule has 0 saturated heterocycles. The van der Waals surface area contributed by atoms with Crippen LogP contribution in [0.2, 0.25) is 0 Å². The van der Waals surface area contributed by atoms with Gasteiger partial charge in [-0.1, -0.05) is 17.3 Å². The van der Waals surface area contributed by atoms with Gasteiger partial charge in [0.05, 0.1) is 11.3 Å². The number of carbonyl (C=O) groups is 1. The van der Waals surface area contributed by atoms with E-state index in [2.05, 4.69) is 20.8 Å². The molecule has 0 saturated carbocycles. The van der Waals surface area contributed by atoms with Crippen molar-refractivity contribution in [2.75, 3.05) is 10.6 Å². The van der Waals surface area contributed by atoms with E-state index in [-0.39, 0.29) is 11.7 Å². The summed E-state index contributed by atoms with van der Waals surface area (Å²) in [4.78, 5) is 16.2. The van der Waals surface area contributed by atoms with Crippen LogP contribution in [-0.2, 0) is 6.54 Å². The molecule has 0 radical (unpaired) electrons. The first-order valence-electron chi connectivity index (χ1n) is 7.28. The van der Waals surface area contributed by atoms with Crippen molar-refractivity contribution in [2.45, 2.75) is 13.5 Å². The molecule has 0 fully saturated rings. The van der Waals surface area contributed by atoms with Gasteiger partial charge in [-0.15, -0.1) is 0 Å². The van der Waals surface area contributed by atoms with Crippen LogP contribution in [0.25, 0.3) is 0 Å². The maximum atomic E-state index is 12.9.